The molecule has 2 N–H and O–H groups in total. The Morgan fingerprint density at radius 2 is 1.65 bits per heavy atom. The summed E-state index contributed by atoms with van der Waals surface area (Å²) in [7, 11) is 6.31. The maximum absolute atomic E-state index is 6.00. The molecule has 1 rings (SSSR count). The molecule has 0 saturated heterocycles. The highest BCUT2D eigenvalue weighted by atomic mass is 15.1. The van der Waals surface area contributed by atoms with E-state index in [0.29, 0.717) is 0 Å². The van der Waals surface area contributed by atoms with Gasteiger partial charge in [-0.15, -0.1) is 0 Å². The third-order valence-electron chi connectivity index (χ3n) is 3.08. The Kier molecular flexibility index (Phi) is 5.45. The molecule has 0 radical (unpaired) electrons. The average Bonchev–Trinajstić information content (AvgIpc) is 2.35. The van der Waals surface area contributed by atoms with Crippen LogP contribution in [-0.2, 0) is 0 Å². The van der Waals surface area contributed by atoms with E-state index in [-0.39, 0.29) is 6.04 Å². The van der Waals surface area contributed by atoms with Crippen molar-refractivity contribution in [1.29, 1.82) is 0 Å². The Morgan fingerprint density at radius 3 is 2.12 bits per heavy atom. The van der Waals surface area contributed by atoms with Gasteiger partial charge >= 0.3 is 0 Å². The Bertz CT molecular complexity index is 319. The van der Waals surface area contributed by atoms with E-state index in [9.17, 15) is 0 Å². The number of hydrogen-bond acceptors (Lipinski definition) is 3. The first-order chi connectivity index (χ1) is 8.04. The van der Waals surface area contributed by atoms with Gasteiger partial charge in [0.15, 0.2) is 0 Å². The highest BCUT2D eigenvalue weighted by Crippen LogP contribution is 2.18. The van der Waals surface area contributed by atoms with Crippen molar-refractivity contribution >= 4 is 5.69 Å². The molecule has 17 heavy (non-hydrogen) atoms. The second-order valence-electron chi connectivity index (χ2n) is 4.83. The van der Waals surface area contributed by atoms with Crippen LogP contribution in [0.1, 0.15) is 24.9 Å². The molecule has 0 heterocycles. The van der Waals surface area contributed by atoms with E-state index < -0.39 is 0 Å². The van der Waals surface area contributed by atoms with Crippen molar-refractivity contribution in [3.05, 3.63) is 29.8 Å². The first-order valence-electron chi connectivity index (χ1n) is 6.26. The number of nitrogens with zero attached hydrogens (tertiary/aromatic N) is 2. The lowest BCUT2D eigenvalue weighted by molar-refractivity contribution is 0.416. The highest BCUT2D eigenvalue weighted by Gasteiger charge is 2.05. The van der Waals surface area contributed by atoms with Crippen LogP contribution in [0.25, 0.3) is 0 Å². The number of benzene rings is 1. The van der Waals surface area contributed by atoms with Crippen LogP contribution in [0.4, 0.5) is 5.69 Å². The summed E-state index contributed by atoms with van der Waals surface area (Å²) in [6, 6.07) is 8.74. The Labute approximate surface area is 105 Å². The maximum atomic E-state index is 6.00. The predicted octanol–water partition coefficient (Wildman–Crippen LogP) is 2.09. The Balaban J connectivity index is 2.60. The van der Waals surface area contributed by atoms with Gasteiger partial charge in [0.05, 0.1) is 0 Å². The molecule has 0 aromatic heterocycles. The summed E-state index contributed by atoms with van der Waals surface area (Å²) in [6.45, 7) is 4.21. The van der Waals surface area contributed by atoms with E-state index in [1.54, 1.807) is 0 Å². The minimum atomic E-state index is 0.163. The third-order valence-corrected chi connectivity index (χ3v) is 3.08. The summed E-state index contributed by atoms with van der Waals surface area (Å²) in [5, 5.41) is 0. The fourth-order valence-electron chi connectivity index (χ4n) is 1.69. The van der Waals surface area contributed by atoms with Crippen LogP contribution in [0, 0.1) is 0 Å². The zero-order valence-electron chi connectivity index (χ0n) is 11.5. The molecule has 0 unspecified atom stereocenters. The normalized spacial score (nSPS) is 12.8. The summed E-state index contributed by atoms with van der Waals surface area (Å²) >= 11 is 0. The van der Waals surface area contributed by atoms with Crippen LogP contribution in [-0.4, -0.2) is 39.1 Å². The molecule has 0 spiro atoms. The van der Waals surface area contributed by atoms with Crippen LogP contribution in [0.2, 0.25) is 0 Å². The van der Waals surface area contributed by atoms with Crippen molar-refractivity contribution in [1.82, 2.24) is 4.90 Å². The molecule has 0 aliphatic carbocycles. The molecule has 0 aliphatic heterocycles. The first kappa shape index (κ1) is 14.0. The highest BCUT2D eigenvalue weighted by molar-refractivity contribution is 5.47. The van der Waals surface area contributed by atoms with E-state index in [2.05, 4.69) is 62.1 Å². The fourth-order valence-corrected chi connectivity index (χ4v) is 1.69. The lowest BCUT2D eigenvalue weighted by Crippen LogP contribution is -2.28. The second-order valence-corrected chi connectivity index (χ2v) is 4.83. The molecule has 0 aliphatic rings. The molecule has 0 saturated carbocycles. The van der Waals surface area contributed by atoms with E-state index in [4.69, 9.17) is 5.73 Å². The molecule has 3 heteroatoms. The summed E-state index contributed by atoms with van der Waals surface area (Å²) in [4.78, 5) is 4.46. The molecule has 1 aromatic carbocycles. The predicted molar refractivity (Wildman–Crippen MR) is 75.5 cm³/mol. The minimum absolute atomic E-state index is 0.163. The fraction of sp³-hybridized carbons (Fsp3) is 0.571. The molecule has 1 atom stereocenters. The van der Waals surface area contributed by atoms with Crippen LogP contribution >= 0.6 is 0 Å². The van der Waals surface area contributed by atoms with Crippen molar-refractivity contribution in [2.75, 3.05) is 39.1 Å². The molecular weight excluding hydrogens is 210 g/mol. The minimum Gasteiger partial charge on any atom is -0.373 e. The van der Waals surface area contributed by atoms with E-state index in [1.807, 2.05) is 0 Å². The van der Waals surface area contributed by atoms with Gasteiger partial charge in [0.25, 0.3) is 0 Å². The first-order valence-corrected chi connectivity index (χ1v) is 6.26. The second kappa shape index (κ2) is 6.62. The summed E-state index contributed by atoms with van der Waals surface area (Å²) in [5.74, 6) is 0. The lowest BCUT2D eigenvalue weighted by Gasteiger charge is -2.22. The van der Waals surface area contributed by atoms with Gasteiger partial charge in [-0.05, 0) is 38.2 Å². The number of hydrogen-bond donors (Lipinski definition) is 1. The largest absolute Gasteiger partial charge is 0.373 e. The van der Waals surface area contributed by atoms with Gasteiger partial charge in [-0.3, -0.25) is 0 Å². The zero-order chi connectivity index (χ0) is 12.8. The smallest absolute Gasteiger partial charge is 0.0364 e. The number of likely N-dealkylation sites (N-methyl/N-ethyl adjacent to an activating group) is 2. The third kappa shape index (κ3) is 4.36. The molecular formula is C14H25N3. The van der Waals surface area contributed by atoms with Gasteiger partial charge in [0.2, 0.25) is 0 Å². The van der Waals surface area contributed by atoms with Crippen LogP contribution in [0.15, 0.2) is 24.3 Å². The van der Waals surface area contributed by atoms with E-state index in [1.165, 1.54) is 11.3 Å². The quantitative estimate of drug-likeness (QED) is 0.819. The van der Waals surface area contributed by atoms with Crippen LogP contribution in [0.3, 0.4) is 0 Å². The summed E-state index contributed by atoms with van der Waals surface area (Å²) < 4.78 is 0. The van der Waals surface area contributed by atoms with Gasteiger partial charge < -0.3 is 15.5 Å². The number of rotatable bonds is 6. The van der Waals surface area contributed by atoms with Gasteiger partial charge in [-0.2, -0.15) is 0 Å². The van der Waals surface area contributed by atoms with Crippen LogP contribution < -0.4 is 10.6 Å². The molecule has 1 aromatic rings. The molecule has 96 valence electrons. The van der Waals surface area contributed by atoms with E-state index in [0.717, 1.165) is 19.5 Å². The van der Waals surface area contributed by atoms with Gasteiger partial charge in [-0.25, -0.2) is 0 Å². The van der Waals surface area contributed by atoms with Crippen molar-refractivity contribution in [3.63, 3.8) is 0 Å². The van der Waals surface area contributed by atoms with Crippen LogP contribution in [0.5, 0.6) is 0 Å². The molecule has 0 fully saturated rings. The summed E-state index contributed by atoms with van der Waals surface area (Å²) in [5.41, 5.74) is 8.47. The SMILES string of the molecule is CC[C@@H](N)c1ccc(N(C)CCN(C)C)cc1. The molecule has 0 amide bonds. The Morgan fingerprint density at radius 1 is 1.06 bits per heavy atom. The van der Waals surface area contributed by atoms with Crippen molar-refractivity contribution in [2.24, 2.45) is 5.73 Å². The van der Waals surface area contributed by atoms with Crippen molar-refractivity contribution in [3.8, 4) is 0 Å². The molecule has 0 bridgehead atoms. The maximum Gasteiger partial charge on any atom is 0.0364 e. The Hall–Kier alpha value is -1.06. The standard InChI is InChI=1S/C14H25N3/c1-5-14(15)12-6-8-13(9-7-12)17(4)11-10-16(2)3/h6-9,14H,5,10-11,15H2,1-4H3/t14-/m1/s1. The monoisotopic (exact) mass is 235 g/mol. The number of anilines is 1. The lowest BCUT2D eigenvalue weighted by atomic mass is 10.1. The van der Waals surface area contributed by atoms with Gasteiger partial charge in [-0.1, -0.05) is 19.1 Å². The molecule has 3 nitrogen and oxygen atoms in total. The summed E-state index contributed by atoms with van der Waals surface area (Å²) in [6.07, 6.45) is 0.982. The average molecular weight is 235 g/mol. The van der Waals surface area contributed by atoms with Gasteiger partial charge in [0.1, 0.15) is 0 Å². The van der Waals surface area contributed by atoms with E-state index >= 15 is 0 Å². The van der Waals surface area contributed by atoms with Gasteiger partial charge in [0, 0.05) is 31.9 Å². The zero-order valence-corrected chi connectivity index (χ0v) is 11.5. The topological polar surface area (TPSA) is 32.5 Å². The van der Waals surface area contributed by atoms with Crippen molar-refractivity contribution in [2.45, 2.75) is 19.4 Å². The van der Waals surface area contributed by atoms with Crippen molar-refractivity contribution < 1.29 is 0 Å². The number of nitrogens with two attached hydrogens (primary N) is 1.